The number of amides is 2. The highest BCUT2D eigenvalue weighted by molar-refractivity contribution is 6.34. The van der Waals surface area contributed by atoms with Crippen LogP contribution in [-0.4, -0.2) is 124 Å². The van der Waals surface area contributed by atoms with Crippen LogP contribution in [0.2, 0.25) is 10.0 Å². The number of nitrogens with two attached hydrogens (primary N) is 1. The van der Waals surface area contributed by atoms with E-state index >= 15 is 0 Å². The minimum atomic E-state index is -4.58. The maximum atomic E-state index is 13.7. The summed E-state index contributed by atoms with van der Waals surface area (Å²) in [6, 6.07) is 11.7. The maximum absolute atomic E-state index is 13.7. The number of hydrogen-bond donors (Lipinski definition) is 3. The van der Waals surface area contributed by atoms with Gasteiger partial charge in [-0.15, -0.1) is 0 Å². The van der Waals surface area contributed by atoms with E-state index in [0.29, 0.717) is 96.5 Å². The lowest BCUT2D eigenvalue weighted by Crippen LogP contribution is -2.48. The van der Waals surface area contributed by atoms with E-state index in [1.807, 2.05) is 27.7 Å². The Morgan fingerprint density at radius 3 is 1.86 bits per heavy atom. The molecule has 0 aliphatic carbocycles. The van der Waals surface area contributed by atoms with Gasteiger partial charge in [0.1, 0.15) is 25.4 Å². The average Bonchev–Trinajstić information content (AvgIpc) is 4.28. The summed E-state index contributed by atoms with van der Waals surface area (Å²) in [5.74, 6) is 0.583. The van der Waals surface area contributed by atoms with Gasteiger partial charge in [0.15, 0.2) is 23.2 Å². The number of halogens is 8. The number of ether oxygens (including phenoxy) is 6. The summed E-state index contributed by atoms with van der Waals surface area (Å²) in [4.78, 5) is 44.2. The number of nitrogens with one attached hydrogen (secondary N) is 2. The van der Waals surface area contributed by atoms with Gasteiger partial charge in [0.25, 0.3) is 0 Å². The fraction of sp³-hybridized carbons (Fsp3) is 0.415. The van der Waals surface area contributed by atoms with Gasteiger partial charge in [0, 0.05) is 104 Å². The van der Waals surface area contributed by atoms with Crippen molar-refractivity contribution >= 4 is 63.6 Å². The van der Waals surface area contributed by atoms with Crippen LogP contribution in [0.5, 0.6) is 11.8 Å². The number of alkyl halides is 6. The molecule has 0 spiro atoms. The number of aromatic nitrogens is 6. The number of rotatable bonds is 9. The second kappa shape index (κ2) is 22.5. The van der Waals surface area contributed by atoms with Crippen LogP contribution in [0.1, 0.15) is 51.7 Å². The zero-order valence-corrected chi connectivity index (χ0v) is 45.0. The number of carbonyl (C=O) groups excluding carboxylic acids is 1. The monoisotopic (exact) mass is 1150 g/mol. The smallest absolute Gasteiger partial charge is 0.417 e. The normalized spacial score (nSPS) is 21.1. The molecule has 80 heavy (non-hydrogen) atoms. The van der Waals surface area contributed by atoms with Gasteiger partial charge in [0.2, 0.25) is 11.8 Å². The zero-order valence-electron chi connectivity index (χ0n) is 43.4. The lowest BCUT2D eigenvalue weighted by molar-refractivity contribution is -0.142. The Morgan fingerprint density at radius 2 is 1.29 bits per heavy atom. The number of carbonyl (C=O) groups is 1. The van der Waals surface area contributed by atoms with E-state index in [1.165, 1.54) is 23.5 Å². The van der Waals surface area contributed by atoms with Crippen molar-refractivity contribution < 1.29 is 59.6 Å². The number of nitrogen functional groups attached to an aromatic ring is 1. The third kappa shape index (κ3) is 13.1. The number of hydrogen-bond acceptors (Lipinski definition) is 17. The van der Waals surface area contributed by atoms with Crippen molar-refractivity contribution in [2.45, 2.75) is 88.8 Å². The van der Waals surface area contributed by atoms with Crippen molar-refractivity contribution in [1.82, 2.24) is 29.9 Å². The van der Waals surface area contributed by atoms with Crippen LogP contribution in [0.3, 0.4) is 0 Å². The van der Waals surface area contributed by atoms with Crippen LogP contribution in [-0.2, 0) is 31.3 Å². The molecule has 4 saturated heterocycles. The molecule has 4 bridgehead atoms. The molecule has 4 fully saturated rings. The van der Waals surface area contributed by atoms with Gasteiger partial charge in [-0.05, 0) is 76.9 Å². The molecule has 0 unspecified atom stereocenters. The fourth-order valence-corrected chi connectivity index (χ4v) is 10.3. The van der Waals surface area contributed by atoms with E-state index in [0.717, 1.165) is 49.7 Å². The molecule has 4 atom stereocenters. The van der Waals surface area contributed by atoms with Crippen molar-refractivity contribution in [3.05, 3.63) is 107 Å². The SMILES string of the molecule is CC1(C)OC[C@@H](COc2cc(N)ccn2)O1.CC1(C)OC[C@@H](COc2cc(NC(=O)N3c4nc(-c5cncc(C(F)(F)F)c5)c(Cl)cc4N4CC[C@H]3C4)ccn2)O1.FC(F)(F)c1cncc(-c2nc3c(cc2Cl)N2CC[C@@H](C2)N3)c1. The summed E-state index contributed by atoms with van der Waals surface area (Å²) < 4.78 is 112. The minimum Gasteiger partial charge on any atom is -0.475 e. The first-order valence-corrected chi connectivity index (χ1v) is 26.1. The maximum Gasteiger partial charge on any atom is 0.417 e. The first-order chi connectivity index (χ1) is 37.9. The molecule has 6 aliphatic rings. The van der Waals surface area contributed by atoms with E-state index < -0.39 is 41.1 Å². The highest BCUT2D eigenvalue weighted by atomic mass is 35.5. The molecule has 12 rings (SSSR count). The van der Waals surface area contributed by atoms with Crippen LogP contribution in [0.25, 0.3) is 22.5 Å². The number of nitrogens with zero attached hydrogens (tertiary/aromatic N) is 9. The lowest BCUT2D eigenvalue weighted by Gasteiger charge is -2.36. The summed E-state index contributed by atoms with van der Waals surface area (Å²) in [6.07, 6.45) is -0.385. The fourth-order valence-electron chi connectivity index (χ4n) is 9.76. The van der Waals surface area contributed by atoms with Crippen LogP contribution < -0.4 is 40.5 Å². The lowest BCUT2D eigenvalue weighted by atomic mass is 10.1. The standard InChI is InChI=1S/C27H26ClF3N6O4.C15H12ClF3N4.C11H16N2O3/c1-26(2)40-14-19(41-26)13-39-22-8-17(3-5-33-22)34-25(38)37-18-4-6-36(12-18)21-9-20(28)23(35-24(21)37)15-7-16(11-32-10-15)27(29,30)31;16-11-4-12-14(21-10-1-2-23(12)7-10)22-13(11)8-3-9(6-20-5-8)15(17,18)19;1-11(2)15-7-9(16-11)6-14-10-5-8(12)3-4-13-10/h3,5,7-11,18-19H,4,6,12-14H2,1-2H3,(H,33,34,38);3-6,10H,1-2,7H2,(H,21,22);3-5,9H,6-7H2,1-2H3,(H2,12,13)/t18-,19+;10-;9-/m001/s1. The Bertz CT molecular complexity index is 3250. The molecule has 4 N–H and O–H groups in total. The Balaban J connectivity index is 0.000000154. The van der Waals surface area contributed by atoms with Crippen LogP contribution in [0.4, 0.5) is 65.5 Å². The Kier molecular flexibility index (Phi) is 15.8. The molecule has 27 heteroatoms. The summed E-state index contributed by atoms with van der Waals surface area (Å²) in [5.41, 5.74) is 7.23. The van der Waals surface area contributed by atoms with Crippen molar-refractivity contribution in [3.8, 4) is 34.3 Å². The largest absolute Gasteiger partial charge is 0.475 e. The van der Waals surface area contributed by atoms with Crippen LogP contribution in [0.15, 0.2) is 85.7 Å². The van der Waals surface area contributed by atoms with Crippen LogP contribution >= 0.6 is 23.2 Å². The van der Waals surface area contributed by atoms with Gasteiger partial charge in [-0.25, -0.2) is 24.7 Å². The Morgan fingerprint density at radius 1 is 0.738 bits per heavy atom. The van der Waals surface area contributed by atoms with E-state index in [2.05, 4.69) is 50.3 Å². The quantitative estimate of drug-likeness (QED) is 0.115. The predicted octanol–water partition coefficient (Wildman–Crippen LogP) is 10.4. The predicted molar refractivity (Wildman–Crippen MR) is 285 cm³/mol. The summed E-state index contributed by atoms with van der Waals surface area (Å²) in [7, 11) is 0. The Labute approximate surface area is 465 Å². The number of anilines is 6. The molecule has 2 amide bonds. The highest BCUT2D eigenvalue weighted by Gasteiger charge is 2.42. The molecule has 19 nitrogen and oxygen atoms in total. The van der Waals surface area contributed by atoms with Crippen LogP contribution in [0, 0.1) is 0 Å². The molecule has 0 saturated carbocycles. The van der Waals surface area contributed by atoms with Crippen molar-refractivity contribution in [2.75, 3.05) is 83.7 Å². The van der Waals surface area contributed by atoms with Gasteiger partial charge in [-0.3, -0.25) is 14.9 Å². The Hall–Kier alpha value is -7.03. The second-order valence-electron chi connectivity index (χ2n) is 20.4. The first kappa shape index (κ1) is 56.3. The molecule has 6 aliphatic heterocycles. The van der Waals surface area contributed by atoms with Gasteiger partial charge in [-0.1, -0.05) is 23.2 Å². The summed E-state index contributed by atoms with van der Waals surface area (Å²) in [6.45, 7) is 12.1. The molecule has 6 aromatic heterocycles. The summed E-state index contributed by atoms with van der Waals surface area (Å²) >= 11 is 12.8. The molecule has 0 radical (unpaired) electrons. The minimum absolute atomic E-state index is 0.0572. The zero-order chi connectivity index (χ0) is 56.7. The van der Waals surface area contributed by atoms with Gasteiger partial charge in [-0.2, -0.15) is 26.3 Å². The van der Waals surface area contributed by atoms with Gasteiger partial charge < -0.3 is 54.6 Å². The van der Waals surface area contributed by atoms with Gasteiger partial charge >= 0.3 is 18.4 Å². The van der Waals surface area contributed by atoms with E-state index in [1.54, 1.807) is 42.6 Å². The number of urea groups is 1. The number of fused-ring (bicyclic) bond motifs is 8. The molecule has 12 heterocycles. The average molecular weight is 1160 g/mol. The van der Waals surface area contributed by atoms with E-state index in [9.17, 15) is 31.1 Å². The van der Waals surface area contributed by atoms with Crippen molar-refractivity contribution in [3.63, 3.8) is 0 Å². The van der Waals surface area contributed by atoms with E-state index in [4.69, 9.17) is 57.4 Å². The molecular formula is C53H54Cl2F6N12O7. The number of pyridine rings is 6. The third-order valence-electron chi connectivity index (χ3n) is 13.5. The third-order valence-corrected chi connectivity index (χ3v) is 14.0. The molecule has 0 aromatic carbocycles. The molecule has 424 valence electrons. The molecule has 6 aromatic rings. The van der Waals surface area contributed by atoms with E-state index in [-0.39, 0.29) is 46.7 Å². The topological polar surface area (TPSA) is 210 Å². The van der Waals surface area contributed by atoms with Gasteiger partial charge in [0.05, 0.1) is 63.2 Å². The molecular weight excluding hydrogens is 1100 g/mol. The second-order valence-corrected chi connectivity index (χ2v) is 21.2. The van der Waals surface area contributed by atoms with Crippen molar-refractivity contribution in [2.24, 2.45) is 0 Å². The first-order valence-electron chi connectivity index (χ1n) is 25.3. The highest BCUT2D eigenvalue weighted by Crippen LogP contribution is 2.45. The van der Waals surface area contributed by atoms with Crippen molar-refractivity contribution in [1.29, 1.82) is 0 Å². The summed E-state index contributed by atoms with van der Waals surface area (Å²) in [5, 5.41) is 6.67.